The van der Waals surface area contributed by atoms with Crippen LogP contribution in [0.5, 0.6) is 0 Å². The minimum atomic E-state index is -0.238. The number of hydrogen-bond acceptors (Lipinski definition) is 5. The number of piperazine rings is 1. The largest absolute Gasteiger partial charge is 0.453 e. The van der Waals surface area contributed by atoms with Crippen molar-refractivity contribution >= 4 is 17.8 Å². The number of ether oxygens (including phenoxy) is 1. The average Bonchev–Trinajstić information content (AvgIpc) is 3.22. The van der Waals surface area contributed by atoms with Crippen LogP contribution in [0.3, 0.4) is 0 Å². The second kappa shape index (κ2) is 9.99. The van der Waals surface area contributed by atoms with Crippen molar-refractivity contribution in [3.8, 4) is 0 Å². The van der Waals surface area contributed by atoms with Crippen molar-refractivity contribution in [3.63, 3.8) is 0 Å². The van der Waals surface area contributed by atoms with Gasteiger partial charge in [-0.2, -0.15) is 0 Å². The van der Waals surface area contributed by atoms with Gasteiger partial charge in [-0.3, -0.25) is 9.88 Å². The third kappa shape index (κ3) is 5.37. The summed E-state index contributed by atoms with van der Waals surface area (Å²) in [6, 6.07) is 9.87. The Hall–Kier alpha value is -3.13. The minimum absolute atomic E-state index is 0.230. The van der Waals surface area contributed by atoms with Crippen molar-refractivity contribution in [1.82, 2.24) is 20.1 Å². The molecule has 1 saturated heterocycles. The molecule has 0 bridgehead atoms. The molecule has 1 aromatic heterocycles. The predicted molar refractivity (Wildman–Crippen MR) is 123 cm³/mol. The lowest BCUT2D eigenvalue weighted by atomic mass is 10.0. The van der Waals surface area contributed by atoms with Crippen LogP contribution in [0.2, 0.25) is 0 Å². The molecule has 170 valence electrons. The van der Waals surface area contributed by atoms with Gasteiger partial charge in [-0.25, -0.2) is 9.59 Å². The van der Waals surface area contributed by atoms with Crippen LogP contribution in [0, 0.1) is 12.8 Å². The van der Waals surface area contributed by atoms with Gasteiger partial charge in [0.1, 0.15) is 0 Å². The van der Waals surface area contributed by atoms with Gasteiger partial charge in [-0.05, 0) is 54.5 Å². The van der Waals surface area contributed by atoms with Crippen molar-refractivity contribution in [3.05, 3.63) is 58.9 Å². The van der Waals surface area contributed by atoms with E-state index in [1.165, 1.54) is 23.8 Å². The standard InChI is InChI=1S/C24H31N5O3/c1-17-6-7-21(15-25-17)27-23(30)26-14-20-5-3-4-19-12-18(13-22(19)20)16-28-8-10-29(11-9-28)24(31)32-2/h3-7,15,18H,8-14,16H2,1-2H3,(H2,26,27,30). The van der Waals surface area contributed by atoms with Gasteiger partial charge in [-0.15, -0.1) is 0 Å². The van der Waals surface area contributed by atoms with Crippen molar-refractivity contribution in [2.75, 3.05) is 45.2 Å². The summed E-state index contributed by atoms with van der Waals surface area (Å²) in [6.07, 6.45) is 3.50. The fourth-order valence-electron chi connectivity index (χ4n) is 4.61. The summed E-state index contributed by atoms with van der Waals surface area (Å²) in [6.45, 7) is 6.63. The summed E-state index contributed by atoms with van der Waals surface area (Å²) >= 11 is 0. The highest BCUT2D eigenvalue weighted by Crippen LogP contribution is 2.30. The highest BCUT2D eigenvalue weighted by Gasteiger charge is 2.28. The van der Waals surface area contributed by atoms with E-state index in [0.717, 1.165) is 38.2 Å². The number of aryl methyl sites for hydroxylation is 1. The Morgan fingerprint density at radius 3 is 2.66 bits per heavy atom. The van der Waals surface area contributed by atoms with Crippen LogP contribution in [0.25, 0.3) is 0 Å². The quantitative estimate of drug-likeness (QED) is 0.751. The Kier molecular flexibility index (Phi) is 6.90. The zero-order valence-electron chi connectivity index (χ0n) is 18.8. The molecule has 0 saturated carbocycles. The topological polar surface area (TPSA) is 86.8 Å². The van der Waals surface area contributed by atoms with Gasteiger partial charge in [0.15, 0.2) is 0 Å². The second-order valence-corrected chi connectivity index (χ2v) is 8.58. The Morgan fingerprint density at radius 2 is 1.94 bits per heavy atom. The molecule has 2 N–H and O–H groups in total. The van der Waals surface area contributed by atoms with E-state index in [1.807, 2.05) is 19.1 Å². The maximum Gasteiger partial charge on any atom is 0.409 e. The summed E-state index contributed by atoms with van der Waals surface area (Å²) in [7, 11) is 1.43. The first-order valence-electron chi connectivity index (χ1n) is 11.1. The molecule has 2 aromatic rings. The molecule has 1 aliphatic heterocycles. The molecule has 1 atom stereocenters. The van der Waals surface area contributed by atoms with Gasteiger partial charge in [0.05, 0.1) is 19.0 Å². The molecule has 2 aliphatic rings. The van der Waals surface area contributed by atoms with Crippen LogP contribution >= 0.6 is 0 Å². The number of nitrogens with zero attached hydrogens (tertiary/aromatic N) is 3. The summed E-state index contributed by atoms with van der Waals surface area (Å²) in [4.78, 5) is 32.4. The monoisotopic (exact) mass is 437 g/mol. The lowest BCUT2D eigenvalue weighted by molar-refractivity contribution is 0.0860. The zero-order chi connectivity index (χ0) is 22.5. The number of benzene rings is 1. The van der Waals surface area contributed by atoms with Crippen LogP contribution in [-0.2, 0) is 24.1 Å². The van der Waals surface area contributed by atoms with E-state index < -0.39 is 0 Å². The predicted octanol–water partition coefficient (Wildman–Crippen LogP) is 2.81. The number of urea groups is 1. The number of amides is 3. The fourth-order valence-corrected chi connectivity index (χ4v) is 4.61. The van der Waals surface area contributed by atoms with Crippen LogP contribution in [0.4, 0.5) is 15.3 Å². The first-order valence-corrected chi connectivity index (χ1v) is 11.1. The van der Waals surface area contributed by atoms with Gasteiger partial charge in [0.25, 0.3) is 0 Å². The summed E-state index contributed by atoms with van der Waals surface area (Å²) in [5, 5.41) is 5.80. The number of anilines is 1. The highest BCUT2D eigenvalue weighted by atomic mass is 16.5. The summed E-state index contributed by atoms with van der Waals surface area (Å²) in [5.41, 5.74) is 5.51. The van der Waals surface area contributed by atoms with E-state index in [0.29, 0.717) is 31.2 Å². The lowest BCUT2D eigenvalue weighted by Crippen LogP contribution is -2.49. The Morgan fingerprint density at radius 1 is 1.12 bits per heavy atom. The average molecular weight is 438 g/mol. The normalized spacial score (nSPS) is 18.2. The van der Waals surface area contributed by atoms with Gasteiger partial charge < -0.3 is 20.3 Å². The molecule has 1 aliphatic carbocycles. The molecule has 1 unspecified atom stereocenters. The number of fused-ring (bicyclic) bond motifs is 1. The van der Waals surface area contributed by atoms with Gasteiger partial charge in [0, 0.05) is 45.0 Å². The van der Waals surface area contributed by atoms with Crippen LogP contribution in [0.15, 0.2) is 36.5 Å². The van der Waals surface area contributed by atoms with Crippen molar-refractivity contribution in [2.24, 2.45) is 5.92 Å². The number of rotatable bonds is 5. The minimum Gasteiger partial charge on any atom is -0.453 e. The number of carbonyl (C=O) groups excluding carboxylic acids is 2. The van der Waals surface area contributed by atoms with Crippen LogP contribution in [-0.4, -0.2) is 66.7 Å². The lowest BCUT2D eigenvalue weighted by Gasteiger charge is -2.35. The molecule has 32 heavy (non-hydrogen) atoms. The molecule has 3 amide bonds. The third-order valence-electron chi connectivity index (χ3n) is 6.30. The molecular formula is C24H31N5O3. The van der Waals surface area contributed by atoms with Crippen LogP contribution < -0.4 is 10.6 Å². The van der Waals surface area contributed by atoms with Crippen LogP contribution in [0.1, 0.15) is 22.4 Å². The zero-order valence-corrected chi connectivity index (χ0v) is 18.8. The number of pyridine rings is 1. The highest BCUT2D eigenvalue weighted by molar-refractivity contribution is 5.88. The molecule has 0 spiro atoms. The molecule has 0 radical (unpaired) electrons. The van der Waals surface area contributed by atoms with Gasteiger partial charge in [0.2, 0.25) is 0 Å². The summed E-state index contributed by atoms with van der Waals surface area (Å²) in [5.74, 6) is 0.559. The van der Waals surface area contributed by atoms with Crippen molar-refractivity contribution < 1.29 is 14.3 Å². The van der Waals surface area contributed by atoms with Crippen molar-refractivity contribution in [2.45, 2.75) is 26.3 Å². The van der Waals surface area contributed by atoms with E-state index in [2.05, 4.69) is 38.7 Å². The molecule has 1 fully saturated rings. The molecule has 8 nitrogen and oxygen atoms in total. The number of carbonyl (C=O) groups is 2. The van der Waals surface area contributed by atoms with Crippen molar-refractivity contribution in [1.29, 1.82) is 0 Å². The Bertz CT molecular complexity index is 955. The second-order valence-electron chi connectivity index (χ2n) is 8.58. The molecule has 4 rings (SSSR count). The number of nitrogens with one attached hydrogen (secondary N) is 2. The number of hydrogen-bond donors (Lipinski definition) is 2. The van der Waals surface area contributed by atoms with E-state index in [-0.39, 0.29) is 12.1 Å². The van der Waals surface area contributed by atoms with Gasteiger partial charge >= 0.3 is 12.1 Å². The smallest absolute Gasteiger partial charge is 0.409 e. The first kappa shape index (κ1) is 22.1. The Balaban J connectivity index is 1.28. The van der Waals surface area contributed by atoms with Gasteiger partial charge in [-0.1, -0.05) is 18.2 Å². The first-order chi connectivity index (χ1) is 15.5. The molecule has 2 heterocycles. The maximum atomic E-state index is 12.3. The Labute approximate surface area is 188 Å². The molecule has 8 heteroatoms. The third-order valence-corrected chi connectivity index (χ3v) is 6.30. The number of aromatic nitrogens is 1. The van der Waals surface area contributed by atoms with E-state index in [1.54, 1.807) is 11.1 Å². The SMILES string of the molecule is COC(=O)N1CCN(CC2Cc3cccc(CNC(=O)Nc4ccc(C)nc4)c3C2)CC1. The summed E-state index contributed by atoms with van der Waals surface area (Å²) < 4.78 is 4.82. The van der Waals surface area contributed by atoms with E-state index in [4.69, 9.17) is 4.74 Å². The maximum absolute atomic E-state index is 12.3. The molecule has 1 aromatic carbocycles. The van der Waals surface area contributed by atoms with E-state index in [9.17, 15) is 9.59 Å². The van der Waals surface area contributed by atoms with E-state index >= 15 is 0 Å². The molecular weight excluding hydrogens is 406 g/mol. The number of methoxy groups -OCH3 is 1. The fraction of sp³-hybridized carbons (Fsp3) is 0.458.